The largest absolute Gasteiger partial charge is 0.229 e. The molecule has 0 saturated carbocycles. The van der Waals surface area contributed by atoms with Gasteiger partial charge in [-0.2, -0.15) is 0 Å². The van der Waals surface area contributed by atoms with E-state index in [1.54, 1.807) is 0 Å². The van der Waals surface area contributed by atoms with Gasteiger partial charge >= 0.3 is 0 Å². The molecule has 1 saturated heterocycles. The van der Waals surface area contributed by atoms with Crippen molar-refractivity contribution in [2.45, 2.75) is 33.6 Å². The van der Waals surface area contributed by atoms with Gasteiger partial charge in [0.15, 0.2) is 0 Å². The lowest BCUT2D eigenvalue weighted by atomic mass is 9.77. The fraction of sp³-hybridized carbons (Fsp3) is 1.00. The van der Waals surface area contributed by atoms with Crippen LogP contribution in [0.4, 0.5) is 0 Å². The Hall–Kier alpha value is -0.0500. The van der Waals surface area contributed by atoms with Crippen LogP contribution in [0.3, 0.4) is 0 Å². The highest BCUT2D eigenvalue weighted by Gasteiger charge is 2.31. The van der Waals surface area contributed by atoms with Crippen LogP contribution in [0.25, 0.3) is 0 Å². The zero-order valence-corrected chi connectivity index (χ0v) is 8.95. The number of sulfone groups is 1. The Morgan fingerprint density at radius 2 is 1.50 bits per heavy atom. The maximum Gasteiger partial charge on any atom is 0.150 e. The lowest BCUT2D eigenvalue weighted by Crippen LogP contribution is -2.31. The monoisotopic (exact) mass is 190 g/mol. The van der Waals surface area contributed by atoms with Crippen LogP contribution >= 0.6 is 0 Å². The molecule has 1 aliphatic heterocycles. The van der Waals surface area contributed by atoms with Crippen molar-refractivity contribution in [2.75, 3.05) is 11.5 Å². The highest BCUT2D eigenvalue weighted by atomic mass is 32.2. The molecule has 3 heteroatoms. The second kappa shape index (κ2) is 3.02. The van der Waals surface area contributed by atoms with Gasteiger partial charge in [0.2, 0.25) is 0 Å². The maximum atomic E-state index is 11.1. The van der Waals surface area contributed by atoms with Crippen LogP contribution in [0.2, 0.25) is 0 Å². The van der Waals surface area contributed by atoms with Crippen molar-refractivity contribution in [1.29, 1.82) is 0 Å². The van der Waals surface area contributed by atoms with Crippen molar-refractivity contribution in [2.24, 2.45) is 11.3 Å². The Bertz CT molecular complexity index is 232. The molecule has 12 heavy (non-hydrogen) atoms. The Morgan fingerprint density at radius 1 is 1.08 bits per heavy atom. The van der Waals surface area contributed by atoms with Gasteiger partial charge < -0.3 is 0 Å². The highest BCUT2D eigenvalue weighted by molar-refractivity contribution is 7.91. The predicted molar refractivity (Wildman–Crippen MR) is 50.8 cm³/mol. The van der Waals surface area contributed by atoms with Crippen LogP contribution in [-0.2, 0) is 9.84 Å². The standard InChI is InChI=1S/C9H18O2S/c1-9(2,3)8-4-6-12(10,11)7-5-8/h8H,4-7H2,1-3H3. The van der Waals surface area contributed by atoms with Crippen LogP contribution in [0, 0.1) is 11.3 Å². The van der Waals surface area contributed by atoms with Gasteiger partial charge in [0, 0.05) is 0 Å². The van der Waals surface area contributed by atoms with Crippen molar-refractivity contribution in [3.05, 3.63) is 0 Å². The maximum absolute atomic E-state index is 11.1. The first-order valence-corrected chi connectivity index (χ1v) is 6.34. The first-order valence-electron chi connectivity index (χ1n) is 4.52. The van der Waals surface area contributed by atoms with Gasteiger partial charge in [-0.1, -0.05) is 20.8 Å². The van der Waals surface area contributed by atoms with E-state index >= 15 is 0 Å². The molecule has 1 fully saturated rings. The van der Waals surface area contributed by atoms with Crippen LogP contribution < -0.4 is 0 Å². The minimum absolute atomic E-state index is 0.274. The molecular weight excluding hydrogens is 172 g/mol. The Kier molecular flexibility index (Phi) is 2.52. The second-order valence-corrected chi connectivity index (χ2v) is 7.10. The minimum atomic E-state index is -2.68. The van der Waals surface area contributed by atoms with E-state index in [4.69, 9.17) is 0 Å². The number of hydrogen-bond donors (Lipinski definition) is 0. The predicted octanol–water partition coefficient (Wildman–Crippen LogP) is 1.86. The van der Waals surface area contributed by atoms with E-state index in [0.717, 1.165) is 12.8 Å². The molecule has 0 spiro atoms. The number of rotatable bonds is 0. The zero-order valence-electron chi connectivity index (χ0n) is 8.13. The first kappa shape index (κ1) is 10.0. The van der Waals surface area contributed by atoms with Crippen LogP contribution in [-0.4, -0.2) is 19.9 Å². The van der Waals surface area contributed by atoms with Crippen LogP contribution in [0.5, 0.6) is 0 Å². The van der Waals surface area contributed by atoms with Crippen molar-refractivity contribution in [3.63, 3.8) is 0 Å². The molecule has 0 aromatic carbocycles. The van der Waals surface area contributed by atoms with Crippen LogP contribution in [0.1, 0.15) is 33.6 Å². The van der Waals surface area contributed by atoms with E-state index in [-0.39, 0.29) is 5.41 Å². The van der Waals surface area contributed by atoms with E-state index in [1.807, 2.05) is 0 Å². The summed E-state index contributed by atoms with van der Waals surface area (Å²) in [6.45, 7) is 6.57. The fourth-order valence-electron chi connectivity index (χ4n) is 1.76. The second-order valence-electron chi connectivity index (χ2n) is 4.79. The summed E-state index contributed by atoms with van der Waals surface area (Å²) in [4.78, 5) is 0. The Labute approximate surface area is 75.3 Å². The molecule has 2 nitrogen and oxygen atoms in total. The summed E-state index contributed by atoms with van der Waals surface area (Å²) < 4.78 is 22.2. The molecule has 72 valence electrons. The van der Waals surface area contributed by atoms with Crippen molar-refractivity contribution in [1.82, 2.24) is 0 Å². The molecule has 0 N–H and O–H groups in total. The molecule has 1 heterocycles. The fourth-order valence-corrected chi connectivity index (χ4v) is 3.25. The SMILES string of the molecule is CC(C)(C)C1CCS(=O)(=O)CC1. The minimum Gasteiger partial charge on any atom is -0.229 e. The topological polar surface area (TPSA) is 34.1 Å². The third kappa shape index (κ3) is 2.47. The van der Waals surface area contributed by atoms with Crippen molar-refractivity contribution < 1.29 is 8.42 Å². The van der Waals surface area contributed by atoms with Crippen LogP contribution in [0.15, 0.2) is 0 Å². The average Bonchev–Trinajstić information content (AvgIpc) is 1.83. The van der Waals surface area contributed by atoms with Gasteiger partial charge in [-0.05, 0) is 24.2 Å². The van der Waals surface area contributed by atoms with Gasteiger partial charge in [0.25, 0.3) is 0 Å². The molecule has 0 radical (unpaired) electrons. The van der Waals surface area contributed by atoms with Gasteiger partial charge in [-0.25, -0.2) is 8.42 Å². The molecule has 0 unspecified atom stereocenters. The van der Waals surface area contributed by atoms with Gasteiger partial charge in [0.1, 0.15) is 9.84 Å². The molecule has 0 atom stereocenters. The molecule has 0 aromatic heterocycles. The molecular formula is C9H18O2S. The third-order valence-corrected chi connectivity index (χ3v) is 4.49. The Balaban J connectivity index is 2.58. The highest BCUT2D eigenvalue weighted by Crippen LogP contribution is 2.34. The van der Waals surface area contributed by atoms with E-state index in [1.165, 1.54) is 0 Å². The van der Waals surface area contributed by atoms with Crippen molar-refractivity contribution >= 4 is 9.84 Å². The molecule has 0 amide bonds. The third-order valence-electron chi connectivity index (χ3n) is 2.78. The van der Waals surface area contributed by atoms with Crippen molar-refractivity contribution in [3.8, 4) is 0 Å². The van der Waals surface area contributed by atoms with E-state index in [0.29, 0.717) is 17.4 Å². The average molecular weight is 190 g/mol. The zero-order chi connectivity index (χ0) is 9.41. The molecule has 0 aliphatic carbocycles. The number of hydrogen-bond acceptors (Lipinski definition) is 2. The van der Waals surface area contributed by atoms with E-state index in [9.17, 15) is 8.42 Å². The normalized spacial score (nSPS) is 25.6. The van der Waals surface area contributed by atoms with E-state index in [2.05, 4.69) is 20.8 Å². The van der Waals surface area contributed by atoms with E-state index < -0.39 is 9.84 Å². The smallest absolute Gasteiger partial charge is 0.150 e. The summed E-state index contributed by atoms with van der Waals surface area (Å²) in [5.41, 5.74) is 0.274. The van der Waals surface area contributed by atoms with Gasteiger partial charge in [-0.3, -0.25) is 0 Å². The molecule has 1 aliphatic rings. The Morgan fingerprint density at radius 3 is 1.83 bits per heavy atom. The summed E-state index contributed by atoms with van der Waals surface area (Å²) in [7, 11) is -2.68. The molecule has 0 aromatic rings. The summed E-state index contributed by atoms with van der Waals surface area (Å²) in [5, 5.41) is 0. The lowest BCUT2D eigenvalue weighted by molar-refractivity contribution is 0.222. The lowest BCUT2D eigenvalue weighted by Gasteiger charge is -2.33. The van der Waals surface area contributed by atoms with Gasteiger partial charge in [-0.15, -0.1) is 0 Å². The summed E-state index contributed by atoms with van der Waals surface area (Å²) in [5.74, 6) is 1.38. The quantitative estimate of drug-likeness (QED) is 0.584. The van der Waals surface area contributed by atoms with Gasteiger partial charge in [0.05, 0.1) is 11.5 Å². The summed E-state index contributed by atoms with van der Waals surface area (Å²) >= 11 is 0. The summed E-state index contributed by atoms with van der Waals surface area (Å²) in [6, 6.07) is 0. The molecule has 1 rings (SSSR count). The first-order chi connectivity index (χ1) is 5.31. The summed E-state index contributed by atoms with van der Waals surface area (Å²) in [6.07, 6.45) is 1.71. The molecule has 0 bridgehead atoms.